The number of sulfonamides is 1. The lowest BCUT2D eigenvalue weighted by Gasteiger charge is -2.56. The van der Waals surface area contributed by atoms with Gasteiger partial charge in [0.15, 0.2) is 0 Å². The van der Waals surface area contributed by atoms with Crippen LogP contribution in [0.5, 0.6) is 5.75 Å². The second-order valence-electron chi connectivity index (χ2n) is 8.75. The molecule has 0 saturated carbocycles. The zero-order valence-electron chi connectivity index (χ0n) is 17.5. The lowest BCUT2D eigenvalue weighted by Crippen LogP contribution is -2.67. The molecule has 168 valence electrons. The molecule has 0 aromatic heterocycles. The molecule has 0 radical (unpaired) electrons. The molecule has 3 atom stereocenters. The van der Waals surface area contributed by atoms with Gasteiger partial charge in [-0.2, -0.15) is 17.5 Å². The molecule has 2 aliphatic rings. The van der Waals surface area contributed by atoms with E-state index < -0.39 is 33.2 Å². The molecule has 0 spiro atoms. The number of fused-ring (bicyclic) bond motifs is 4. The van der Waals surface area contributed by atoms with Crippen molar-refractivity contribution in [3.05, 3.63) is 59.2 Å². The average molecular weight is 455 g/mol. The number of halogens is 3. The second-order valence-corrected chi connectivity index (χ2v) is 10.8. The summed E-state index contributed by atoms with van der Waals surface area (Å²) < 4.78 is 67.7. The minimum absolute atomic E-state index is 0.111. The number of piperidine rings is 1. The molecule has 5 nitrogen and oxygen atoms in total. The lowest BCUT2D eigenvalue weighted by molar-refractivity contribution is -0.137. The van der Waals surface area contributed by atoms with Crippen LogP contribution in [0.3, 0.4) is 0 Å². The quantitative estimate of drug-likeness (QED) is 0.770. The van der Waals surface area contributed by atoms with E-state index in [0.717, 1.165) is 29.8 Å². The van der Waals surface area contributed by atoms with E-state index >= 15 is 0 Å². The summed E-state index contributed by atoms with van der Waals surface area (Å²) in [4.78, 5) is 1.73. The number of likely N-dealkylation sites (N-methyl/N-ethyl adjacent to an activating group) is 2. The van der Waals surface area contributed by atoms with E-state index in [1.807, 2.05) is 20.0 Å². The summed E-state index contributed by atoms with van der Waals surface area (Å²) in [7, 11) is -0.813. The van der Waals surface area contributed by atoms with Gasteiger partial charge in [0.2, 0.25) is 10.0 Å². The number of rotatable bonds is 3. The smallest absolute Gasteiger partial charge is 0.416 e. The molecule has 9 heteroatoms. The monoisotopic (exact) mass is 454 g/mol. The van der Waals surface area contributed by atoms with Gasteiger partial charge >= 0.3 is 6.18 Å². The van der Waals surface area contributed by atoms with Crippen LogP contribution in [0.2, 0.25) is 0 Å². The van der Waals surface area contributed by atoms with Crippen molar-refractivity contribution in [2.75, 3.05) is 20.6 Å². The maximum atomic E-state index is 13.5. The Balaban J connectivity index is 1.81. The van der Waals surface area contributed by atoms with Crippen LogP contribution in [0.4, 0.5) is 13.2 Å². The average Bonchev–Trinajstić information content (AvgIpc) is 2.70. The third-order valence-corrected chi connectivity index (χ3v) is 8.77. The van der Waals surface area contributed by atoms with Gasteiger partial charge in [0, 0.05) is 18.5 Å². The van der Waals surface area contributed by atoms with Crippen LogP contribution in [0.15, 0.2) is 47.4 Å². The minimum atomic E-state index is -4.63. The Morgan fingerprint density at radius 2 is 1.90 bits per heavy atom. The molecule has 1 N–H and O–H groups in total. The van der Waals surface area contributed by atoms with Gasteiger partial charge in [0.25, 0.3) is 0 Å². The number of hydrogen-bond donors (Lipinski definition) is 1. The van der Waals surface area contributed by atoms with E-state index in [-0.39, 0.29) is 16.7 Å². The van der Waals surface area contributed by atoms with Crippen molar-refractivity contribution in [2.45, 2.75) is 48.3 Å². The van der Waals surface area contributed by atoms with Crippen LogP contribution < -0.4 is 0 Å². The Morgan fingerprint density at radius 3 is 2.58 bits per heavy atom. The van der Waals surface area contributed by atoms with Crippen molar-refractivity contribution >= 4 is 10.0 Å². The summed E-state index contributed by atoms with van der Waals surface area (Å²) in [6.07, 6.45) is -3.38. The zero-order valence-corrected chi connectivity index (χ0v) is 18.3. The first-order valence-electron chi connectivity index (χ1n) is 10.0. The fourth-order valence-corrected chi connectivity index (χ4v) is 6.77. The molecule has 1 saturated heterocycles. The highest BCUT2D eigenvalue weighted by molar-refractivity contribution is 7.89. The summed E-state index contributed by atoms with van der Waals surface area (Å²) in [5, 5.41) is 10.1. The zero-order chi connectivity index (χ0) is 22.8. The number of alkyl halides is 3. The summed E-state index contributed by atoms with van der Waals surface area (Å²) in [6.45, 7) is 2.73. The van der Waals surface area contributed by atoms with Crippen LogP contribution in [0.25, 0.3) is 0 Å². The first-order chi connectivity index (χ1) is 14.4. The molecule has 1 fully saturated rings. The van der Waals surface area contributed by atoms with Crippen molar-refractivity contribution in [1.82, 2.24) is 9.21 Å². The maximum Gasteiger partial charge on any atom is 0.416 e. The Bertz CT molecular complexity index is 1120. The molecule has 2 bridgehead atoms. The summed E-state index contributed by atoms with van der Waals surface area (Å²) in [6, 6.07) is 8.42. The molecule has 1 heterocycles. The molecule has 2 aromatic rings. The highest BCUT2D eigenvalue weighted by Crippen LogP contribution is 2.48. The minimum Gasteiger partial charge on any atom is -0.508 e. The predicted octanol–water partition coefficient (Wildman–Crippen LogP) is 3.62. The third-order valence-electron chi connectivity index (χ3n) is 6.94. The van der Waals surface area contributed by atoms with Crippen molar-refractivity contribution < 1.29 is 26.7 Å². The van der Waals surface area contributed by atoms with E-state index in [1.165, 1.54) is 17.4 Å². The van der Waals surface area contributed by atoms with Gasteiger partial charge in [-0.15, -0.1) is 0 Å². The number of benzene rings is 2. The van der Waals surface area contributed by atoms with Crippen molar-refractivity contribution in [3.8, 4) is 5.75 Å². The Kier molecular flexibility index (Phi) is 5.14. The Labute approximate surface area is 180 Å². The largest absolute Gasteiger partial charge is 0.508 e. The fraction of sp³-hybridized carbons (Fsp3) is 0.455. The summed E-state index contributed by atoms with van der Waals surface area (Å²) in [5.74, 6) is 0.111. The topological polar surface area (TPSA) is 60.9 Å². The molecule has 4 rings (SSSR count). The van der Waals surface area contributed by atoms with E-state index in [9.17, 15) is 26.7 Å². The van der Waals surface area contributed by atoms with Gasteiger partial charge in [0.05, 0.1) is 16.5 Å². The number of phenols is 1. The number of likely N-dealkylation sites (tertiary alicyclic amines) is 1. The van der Waals surface area contributed by atoms with Crippen LogP contribution in [-0.4, -0.2) is 55.5 Å². The fourth-order valence-electron chi connectivity index (χ4n) is 5.24. The molecule has 31 heavy (non-hydrogen) atoms. The molecule has 1 aliphatic carbocycles. The molecular weight excluding hydrogens is 429 g/mol. The number of phenolic OH excluding ortho intramolecular Hbond substituents is 1. The Morgan fingerprint density at radius 1 is 1.19 bits per heavy atom. The first-order valence-corrected chi connectivity index (χ1v) is 11.5. The highest BCUT2D eigenvalue weighted by atomic mass is 32.2. The summed E-state index contributed by atoms with van der Waals surface area (Å²) >= 11 is 0. The van der Waals surface area contributed by atoms with Crippen LogP contribution >= 0.6 is 0 Å². The van der Waals surface area contributed by atoms with Gasteiger partial charge in [-0.25, -0.2) is 8.42 Å². The molecule has 3 unspecified atom stereocenters. The number of aromatic hydroxyl groups is 1. The van der Waals surface area contributed by atoms with Crippen molar-refractivity contribution in [2.24, 2.45) is 0 Å². The van der Waals surface area contributed by atoms with Crippen LogP contribution in [0.1, 0.15) is 30.0 Å². The van der Waals surface area contributed by atoms with Crippen molar-refractivity contribution in [1.29, 1.82) is 0 Å². The highest BCUT2D eigenvalue weighted by Gasteiger charge is 2.54. The van der Waals surface area contributed by atoms with Gasteiger partial charge < -0.3 is 10.0 Å². The molecule has 0 amide bonds. The number of hydrogen-bond acceptors (Lipinski definition) is 4. The lowest BCUT2D eigenvalue weighted by atomic mass is 9.61. The van der Waals surface area contributed by atoms with Gasteiger partial charge in [0.1, 0.15) is 5.75 Å². The normalized spacial score (nSPS) is 26.7. The standard InChI is InChI=1S/C22H25F3N2O3S/c1-21-9-10-26(2)19(11-14-7-8-16(28)13-18(14)21)20(21)27(3)31(29,30)17-6-4-5-15(12-17)22(23,24)25/h4-8,12-13,19-20,28H,9-11H2,1-3H3. The number of nitrogens with zero attached hydrogens (tertiary/aromatic N) is 2. The third kappa shape index (κ3) is 3.52. The van der Waals surface area contributed by atoms with E-state index in [0.29, 0.717) is 18.9 Å². The molecule has 1 aliphatic heterocycles. The molecule has 2 aromatic carbocycles. The van der Waals surface area contributed by atoms with Crippen LogP contribution in [0, 0.1) is 0 Å². The van der Waals surface area contributed by atoms with E-state index in [1.54, 1.807) is 12.1 Å². The SMILES string of the molecule is CN1CCC2(C)c3cc(O)ccc3CC1C2N(C)S(=O)(=O)c1cccc(C(F)(F)F)c1. The summed E-state index contributed by atoms with van der Waals surface area (Å²) in [5.41, 5.74) is 0.364. The van der Waals surface area contributed by atoms with Gasteiger partial charge in [-0.3, -0.25) is 0 Å². The molecular formula is C22H25F3N2O3S. The Hall–Kier alpha value is -2.10. The van der Waals surface area contributed by atoms with Crippen LogP contribution in [-0.2, 0) is 28.0 Å². The van der Waals surface area contributed by atoms with E-state index in [2.05, 4.69) is 4.90 Å². The first kappa shape index (κ1) is 22.1. The van der Waals surface area contributed by atoms with Crippen molar-refractivity contribution in [3.63, 3.8) is 0 Å². The van der Waals surface area contributed by atoms with E-state index in [4.69, 9.17) is 0 Å². The maximum absolute atomic E-state index is 13.5. The second kappa shape index (κ2) is 7.21. The van der Waals surface area contributed by atoms with Gasteiger partial charge in [-0.05, 0) is 67.9 Å². The predicted molar refractivity (Wildman–Crippen MR) is 110 cm³/mol. The van der Waals surface area contributed by atoms with Gasteiger partial charge in [-0.1, -0.05) is 19.1 Å².